The number of hydrogen-bond donors (Lipinski definition) is 3. The highest BCUT2D eigenvalue weighted by Gasteiger charge is 2.08. The molecular weight excluding hydrogens is 338 g/mol. The Hall–Kier alpha value is -2.53. The standard InChI is InChI=1S/C22H31N3O2/c1-3-4-13-25(14-11-18-7-5-17(2)6-8-18)15-12-19-9-10-21(26)20(16-19)24-22(23)27/h5-10,16,26H,3-4,11-15H2,1-2H3,(H3,23,24,27). The van der Waals surface area contributed by atoms with Crippen LogP contribution in [0.4, 0.5) is 10.5 Å². The van der Waals surface area contributed by atoms with Gasteiger partial charge in [-0.15, -0.1) is 0 Å². The van der Waals surface area contributed by atoms with Crippen molar-refractivity contribution in [2.75, 3.05) is 25.0 Å². The highest BCUT2D eigenvalue weighted by molar-refractivity contribution is 5.89. The quantitative estimate of drug-likeness (QED) is 0.552. The molecule has 0 aliphatic carbocycles. The number of primary amides is 1. The van der Waals surface area contributed by atoms with Crippen LogP contribution in [0.2, 0.25) is 0 Å². The van der Waals surface area contributed by atoms with Crippen molar-refractivity contribution in [2.24, 2.45) is 5.73 Å². The molecule has 0 aliphatic heterocycles. The fourth-order valence-corrected chi connectivity index (χ4v) is 3.02. The van der Waals surface area contributed by atoms with Crippen LogP contribution in [0.1, 0.15) is 36.5 Å². The van der Waals surface area contributed by atoms with E-state index in [1.807, 2.05) is 6.07 Å². The van der Waals surface area contributed by atoms with Crippen LogP contribution < -0.4 is 11.1 Å². The van der Waals surface area contributed by atoms with E-state index >= 15 is 0 Å². The van der Waals surface area contributed by atoms with Gasteiger partial charge in [0.2, 0.25) is 0 Å². The number of phenols is 1. The number of nitrogens with zero attached hydrogens (tertiary/aromatic N) is 1. The van der Waals surface area contributed by atoms with E-state index in [1.54, 1.807) is 12.1 Å². The Labute approximate surface area is 162 Å². The predicted octanol–water partition coefficient (Wildman–Crippen LogP) is 4.08. The number of unbranched alkanes of at least 4 members (excludes halogenated alkanes) is 1. The monoisotopic (exact) mass is 369 g/mol. The molecule has 146 valence electrons. The second-order valence-corrected chi connectivity index (χ2v) is 7.02. The molecule has 0 aromatic heterocycles. The lowest BCUT2D eigenvalue weighted by Crippen LogP contribution is -2.29. The van der Waals surface area contributed by atoms with Gasteiger partial charge in [0.1, 0.15) is 5.75 Å². The van der Waals surface area contributed by atoms with E-state index < -0.39 is 6.03 Å². The second kappa shape index (κ2) is 10.6. The summed E-state index contributed by atoms with van der Waals surface area (Å²) in [5, 5.41) is 12.3. The van der Waals surface area contributed by atoms with Crippen molar-refractivity contribution in [1.82, 2.24) is 4.90 Å². The van der Waals surface area contributed by atoms with Gasteiger partial charge in [0.05, 0.1) is 5.69 Å². The normalized spacial score (nSPS) is 10.9. The first-order valence-electron chi connectivity index (χ1n) is 9.64. The molecule has 0 spiro atoms. The van der Waals surface area contributed by atoms with Crippen LogP contribution in [0, 0.1) is 6.92 Å². The maximum Gasteiger partial charge on any atom is 0.316 e. The van der Waals surface area contributed by atoms with E-state index in [2.05, 4.69) is 48.3 Å². The van der Waals surface area contributed by atoms with Crippen LogP contribution in [0.25, 0.3) is 0 Å². The Morgan fingerprint density at radius 3 is 2.30 bits per heavy atom. The number of benzene rings is 2. The molecule has 0 saturated carbocycles. The number of aromatic hydroxyl groups is 1. The van der Waals surface area contributed by atoms with Gasteiger partial charge in [-0.25, -0.2) is 4.79 Å². The number of hydrogen-bond acceptors (Lipinski definition) is 3. The SMILES string of the molecule is CCCCN(CCc1ccc(C)cc1)CCc1ccc(O)c(NC(N)=O)c1. The minimum atomic E-state index is -0.676. The Kier molecular flexibility index (Phi) is 8.14. The van der Waals surface area contributed by atoms with Gasteiger partial charge in [-0.1, -0.05) is 49.2 Å². The Bertz CT molecular complexity index is 729. The van der Waals surface area contributed by atoms with E-state index in [4.69, 9.17) is 5.73 Å². The van der Waals surface area contributed by atoms with E-state index in [-0.39, 0.29) is 5.75 Å². The molecule has 2 aromatic rings. The zero-order valence-electron chi connectivity index (χ0n) is 16.4. The predicted molar refractivity (Wildman–Crippen MR) is 111 cm³/mol. The van der Waals surface area contributed by atoms with Crippen LogP contribution in [0.5, 0.6) is 5.75 Å². The van der Waals surface area contributed by atoms with E-state index in [0.29, 0.717) is 5.69 Å². The summed E-state index contributed by atoms with van der Waals surface area (Å²) >= 11 is 0. The molecule has 5 nitrogen and oxygen atoms in total. The third-order valence-corrected chi connectivity index (χ3v) is 4.70. The van der Waals surface area contributed by atoms with Gasteiger partial charge in [-0.2, -0.15) is 0 Å². The van der Waals surface area contributed by atoms with Crippen LogP contribution in [0.15, 0.2) is 42.5 Å². The Morgan fingerprint density at radius 2 is 1.67 bits per heavy atom. The lowest BCUT2D eigenvalue weighted by Gasteiger charge is -2.22. The Balaban J connectivity index is 1.94. The van der Waals surface area contributed by atoms with Gasteiger partial charge < -0.3 is 21.1 Å². The molecule has 0 heterocycles. The van der Waals surface area contributed by atoms with Gasteiger partial charge in [0.25, 0.3) is 0 Å². The van der Waals surface area contributed by atoms with Crippen molar-refractivity contribution in [3.63, 3.8) is 0 Å². The van der Waals surface area contributed by atoms with Crippen molar-refractivity contribution in [1.29, 1.82) is 0 Å². The first-order valence-corrected chi connectivity index (χ1v) is 9.64. The van der Waals surface area contributed by atoms with Crippen molar-refractivity contribution in [3.8, 4) is 5.75 Å². The molecule has 0 radical (unpaired) electrons. The Morgan fingerprint density at radius 1 is 1.04 bits per heavy atom. The largest absolute Gasteiger partial charge is 0.506 e. The van der Waals surface area contributed by atoms with Crippen LogP contribution in [-0.4, -0.2) is 35.7 Å². The molecule has 0 saturated heterocycles. The molecule has 0 bridgehead atoms. The molecule has 0 unspecified atom stereocenters. The highest BCUT2D eigenvalue weighted by atomic mass is 16.3. The number of anilines is 1. The number of carbonyl (C=O) groups is 1. The number of carbonyl (C=O) groups excluding carboxylic acids is 1. The fraction of sp³-hybridized carbons (Fsp3) is 0.409. The first-order chi connectivity index (χ1) is 13.0. The molecule has 2 amide bonds. The summed E-state index contributed by atoms with van der Waals surface area (Å²) in [4.78, 5) is 13.5. The number of phenolic OH excluding ortho intramolecular Hbond substituents is 1. The summed E-state index contributed by atoms with van der Waals surface area (Å²) in [7, 11) is 0. The average molecular weight is 370 g/mol. The maximum absolute atomic E-state index is 11.0. The van der Waals surface area contributed by atoms with Gasteiger partial charge in [0, 0.05) is 13.1 Å². The number of rotatable bonds is 10. The van der Waals surface area contributed by atoms with Crippen LogP contribution in [-0.2, 0) is 12.8 Å². The zero-order valence-corrected chi connectivity index (χ0v) is 16.4. The van der Waals surface area contributed by atoms with Crippen LogP contribution >= 0.6 is 0 Å². The van der Waals surface area contributed by atoms with Crippen LogP contribution in [0.3, 0.4) is 0 Å². The summed E-state index contributed by atoms with van der Waals surface area (Å²) in [5.74, 6) is 0.0276. The van der Waals surface area contributed by atoms with Crippen molar-refractivity contribution < 1.29 is 9.90 Å². The number of urea groups is 1. The van der Waals surface area contributed by atoms with E-state index in [9.17, 15) is 9.90 Å². The van der Waals surface area contributed by atoms with Gasteiger partial charge in [-0.3, -0.25) is 0 Å². The number of amides is 2. The van der Waals surface area contributed by atoms with E-state index in [1.165, 1.54) is 24.0 Å². The lowest BCUT2D eigenvalue weighted by molar-refractivity contribution is 0.259. The van der Waals surface area contributed by atoms with Gasteiger partial charge in [-0.05, 0) is 56.0 Å². The van der Waals surface area contributed by atoms with E-state index in [0.717, 1.165) is 38.0 Å². The number of aryl methyl sites for hydroxylation is 1. The van der Waals surface area contributed by atoms with Gasteiger partial charge in [0.15, 0.2) is 0 Å². The molecule has 0 fully saturated rings. The van der Waals surface area contributed by atoms with Crippen molar-refractivity contribution in [3.05, 3.63) is 59.2 Å². The zero-order chi connectivity index (χ0) is 19.6. The fourth-order valence-electron chi connectivity index (χ4n) is 3.02. The summed E-state index contributed by atoms with van der Waals surface area (Å²) in [6, 6.07) is 13.3. The number of nitrogens with two attached hydrogens (primary N) is 1. The number of nitrogens with one attached hydrogen (secondary N) is 1. The maximum atomic E-state index is 11.0. The molecule has 4 N–H and O–H groups in total. The molecule has 2 rings (SSSR count). The highest BCUT2D eigenvalue weighted by Crippen LogP contribution is 2.24. The molecule has 0 atom stereocenters. The molecule has 5 heteroatoms. The second-order valence-electron chi connectivity index (χ2n) is 7.02. The third kappa shape index (κ3) is 7.31. The molecule has 2 aromatic carbocycles. The molecule has 27 heavy (non-hydrogen) atoms. The smallest absolute Gasteiger partial charge is 0.316 e. The summed E-state index contributed by atoms with van der Waals surface area (Å²) < 4.78 is 0. The topological polar surface area (TPSA) is 78.6 Å². The summed E-state index contributed by atoms with van der Waals surface area (Å²) in [5.41, 5.74) is 9.23. The average Bonchev–Trinajstić information content (AvgIpc) is 2.64. The van der Waals surface area contributed by atoms with Crippen molar-refractivity contribution in [2.45, 2.75) is 39.5 Å². The molecule has 0 aliphatic rings. The molecular formula is C22H31N3O2. The van der Waals surface area contributed by atoms with Crippen molar-refractivity contribution >= 4 is 11.7 Å². The van der Waals surface area contributed by atoms with Gasteiger partial charge >= 0.3 is 6.03 Å². The summed E-state index contributed by atoms with van der Waals surface area (Å²) in [6.07, 6.45) is 4.24. The third-order valence-electron chi connectivity index (χ3n) is 4.70. The first kappa shape index (κ1) is 20.8. The summed E-state index contributed by atoms with van der Waals surface area (Å²) in [6.45, 7) is 7.35. The lowest BCUT2D eigenvalue weighted by atomic mass is 10.1. The minimum Gasteiger partial charge on any atom is -0.506 e. The minimum absolute atomic E-state index is 0.0276.